The first kappa shape index (κ1) is 126. The number of carboxylic acids is 3. The number of Topliss-reactive ketones (excluding diaryl/α,β-unsaturated/α-hetero) is 1. The van der Waals surface area contributed by atoms with Crippen molar-refractivity contribution >= 4 is 41.9 Å². The summed E-state index contributed by atoms with van der Waals surface area (Å²) in [5.74, 6) is 0.333. The summed E-state index contributed by atoms with van der Waals surface area (Å²) in [5.41, 5.74) is 14.0. The zero-order chi connectivity index (χ0) is 99.3. The molecule has 0 saturated heterocycles. The van der Waals surface area contributed by atoms with Crippen molar-refractivity contribution in [1.29, 1.82) is 15.9 Å². The van der Waals surface area contributed by atoms with Gasteiger partial charge in [0.2, 0.25) is 0 Å². The number of ketones is 1. The van der Waals surface area contributed by atoms with Crippen LogP contribution in [0.2, 0.25) is 0 Å². The van der Waals surface area contributed by atoms with E-state index >= 15 is 0 Å². The molecule has 0 atom stereocenters. The molecule has 1 amide bonds. The van der Waals surface area contributed by atoms with Gasteiger partial charge in [0.25, 0.3) is 18.3 Å². The van der Waals surface area contributed by atoms with Crippen molar-refractivity contribution in [3.05, 3.63) is 402 Å². The van der Waals surface area contributed by atoms with Crippen molar-refractivity contribution in [2.45, 2.75) is 26.6 Å². The number of amidine groups is 1. The molecule has 3 heterocycles. The number of aromatic carboxylic acids is 2. The van der Waals surface area contributed by atoms with Gasteiger partial charge in [0.15, 0.2) is 23.8 Å². The van der Waals surface area contributed by atoms with E-state index in [1.165, 1.54) is 191 Å². The molecule has 704 valence electrons. The van der Waals surface area contributed by atoms with Crippen LogP contribution in [0.3, 0.4) is 0 Å². The Hall–Kier alpha value is -13.2. The van der Waals surface area contributed by atoms with E-state index in [1.807, 2.05) is 12.1 Å². The van der Waals surface area contributed by atoms with Crippen LogP contribution in [0.4, 0.5) is 30.7 Å². The third kappa shape index (κ3) is 50.5. The van der Waals surface area contributed by atoms with Crippen LogP contribution in [0.25, 0.3) is 34.2 Å². The summed E-state index contributed by atoms with van der Waals surface area (Å²) in [6.45, 7) is 2.41. The third-order valence-corrected chi connectivity index (χ3v) is 16.2. The molecule has 31 nitrogen and oxygen atoms in total. The molecule has 15 aromatic rings. The maximum Gasteiger partial charge on any atom is 1.00 e. The number of nitriles is 2. The molecule has 0 aliphatic carbocycles. The number of aromatic hydroxyl groups is 1. The predicted octanol–water partition coefficient (Wildman–Crippen LogP) is 5.07. The molecule has 0 bridgehead atoms. The van der Waals surface area contributed by atoms with Crippen LogP contribution in [0.15, 0.2) is 328 Å². The first-order chi connectivity index (χ1) is 65.2. The van der Waals surface area contributed by atoms with Gasteiger partial charge in [0.05, 0.1) is 53.0 Å². The van der Waals surface area contributed by atoms with Crippen LogP contribution in [0.5, 0.6) is 63.2 Å². The maximum atomic E-state index is 12.9. The Labute approximate surface area is 933 Å². The number of nitrogens with two attached hydrogens (primary N) is 2. The molecule has 15 rings (SSSR count). The molecule has 0 aliphatic rings. The molecular weight excluding hydrogens is 1920 g/mol. The first-order valence-corrected chi connectivity index (χ1v) is 39.0. The van der Waals surface area contributed by atoms with E-state index in [0.29, 0.717) is 97.6 Å². The van der Waals surface area contributed by atoms with Gasteiger partial charge in [-0.1, -0.05) is 0 Å². The molecule has 12 aromatic carbocycles. The summed E-state index contributed by atoms with van der Waals surface area (Å²) in [6, 6.07) is 81.0. The topological polar surface area (TPSA) is 522 Å². The summed E-state index contributed by atoms with van der Waals surface area (Å²) in [6.07, 6.45) is 4.15. The van der Waals surface area contributed by atoms with Gasteiger partial charge in [-0.15, -0.1) is 0 Å². The number of halogens is 7. The number of phenolic OH excluding ortho intramolecular Hbond substituents is 1. The molecule has 0 unspecified atom stereocenters. The molecule has 0 aliphatic heterocycles. The first-order valence-electron chi connectivity index (χ1n) is 39.0. The van der Waals surface area contributed by atoms with Crippen molar-refractivity contribution in [2.75, 3.05) is 14.2 Å². The van der Waals surface area contributed by atoms with E-state index in [9.17, 15) is 60.1 Å². The smallest absolute Gasteiger partial charge is 1.00 e. The summed E-state index contributed by atoms with van der Waals surface area (Å²) in [7, 11) is 3.02. The van der Waals surface area contributed by atoms with Crippen LogP contribution in [-0.4, -0.2) is 103 Å². The largest absolute Gasteiger partial charge is 1.00 e. The number of aliphatic carboxylic acids is 1. The van der Waals surface area contributed by atoms with Gasteiger partial charge in [-0.2, -0.15) is 10.5 Å². The zero-order valence-electron chi connectivity index (χ0n) is 77.5. The third-order valence-electron chi connectivity index (χ3n) is 16.2. The van der Waals surface area contributed by atoms with Crippen molar-refractivity contribution in [1.82, 2.24) is 36.1 Å². The number of phenols is 1. The Morgan fingerprint density at radius 3 is 0.809 bits per heavy atom. The molecule has 141 heavy (non-hydrogen) atoms. The number of methoxy groups -OCH3 is 2. The number of nitrogen functional groups attached to an aromatic ring is 1. The van der Waals surface area contributed by atoms with Gasteiger partial charge < -0.3 is 92.4 Å². The van der Waals surface area contributed by atoms with E-state index < -0.39 is 23.8 Å². The number of rotatable bonds is 22. The molecule has 0 fully saturated rings. The van der Waals surface area contributed by atoms with E-state index in [4.69, 9.17) is 85.6 Å². The number of hydrogen-bond donors (Lipinski definition) is 6. The molecule has 0 saturated carbocycles. The maximum absolute atomic E-state index is 12.9. The number of ether oxygens (including phenoxy) is 7. The van der Waals surface area contributed by atoms with Crippen LogP contribution >= 0.6 is 0 Å². The number of aromatic nitrogens is 6. The number of nitrogens with one attached hydrogen (secondary N) is 1. The number of carbonyl (C=O) groups excluding carboxylic acids is 5. The fourth-order valence-electron chi connectivity index (χ4n) is 9.83. The summed E-state index contributed by atoms with van der Waals surface area (Å²) >= 11 is 0. The van der Waals surface area contributed by atoms with E-state index in [0.717, 1.165) is 12.5 Å². The predicted molar refractivity (Wildman–Crippen MR) is 479 cm³/mol. The molecule has 10 N–H and O–H groups in total. The van der Waals surface area contributed by atoms with Gasteiger partial charge in [0.1, 0.15) is 121 Å². The van der Waals surface area contributed by atoms with E-state index in [-0.39, 0.29) is 269 Å². The van der Waals surface area contributed by atoms with Crippen LogP contribution in [0, 0.1) is 68.8 Å². The van der Waals surface area contributed by atoms with Crippen molar-refractivity contribution < 1.29 is 287 Å². The standard InChI is InChI=1S/C17H12FN3O2.2C17H11FN2O3.C13H11FN2O.C13H8FNO.C7H4FN.C6H5FO.C6H12O3.C2H4O2.CH2O3.2K.H3N.2Na.H/c18-12-3-7-14(8-4-12)23-13-5-1-11(2-6-13)17-20-10-9-15(21-17)16(19)22;2*18-12-3-7-14(8-4-12)23-13-5-1-11(2-6-13)16-19-10-9-15(20-16)17(21)22;14-10-3-7-12(8-4-10)17-11-5-1-9(2-6-11)13(15)16;14-11-3-7-13(8-4-11)16-12-5-1-10(9-15)2-6-12;8-7-3-1-6(5-9)2-4-7;7-5-1-3-6(8)4-2-5;1-5(7)4-6(8-2)9-3;1-2(3)4;2-1-4-3;;;;;;/h1-10H,(H2,19,22);2*1-10H,(H,21,22);1-8H,(H3,15,16);1-8H;1-4H;1-4,8H;6H,4H2,1-3H3;1H3,(H,3,4);1,3H;;;1H3;;;/q;;;;;;;;;;2*+1;;2*+1;-1/p-3. The van der Waals surface area contributed by atoms with Crippen molar-refractivity contribution in [2.24, 2.45) is 11.5 Å². The molecule has 42 heteroatoms. The van der Waals surface area contributed by atoms with Crippen LogP contribution in [-0.2, 0) is 28.7 Å². The average Bonchev–Trinajstić information content (AvgIpc) is 0.841. The Kier molecular flexibility index (Phi) is 62.1. The van der Waals surface area contributed by atoms with Gasteiger partial charge in [-0.05, 0) is 316 Å². The number of primary amides is 1. The second kappa shape index (κ2) is 69.6. The monoisotopic (exact) mass is 2000 g/mol. The minimum atomic E-state index is -1.36. The molecule has 0 spiro atoms. The van der Waals surface area contributed by atoms with Crippen LogP contribution < -0.4 is 219 Å². The Balaban J connectivity index is 0.00000161. The summed E-state index contributed by atoms with van der Waals surface area (Å²) < 4.78 is 125. The van der Waals surface area contributed by atoms with Gasteiger partial charge in [0, 0.05) is 62.0 Å². The fraction of sp³-hybridized carbons (Fsp3) is 0.0606. The number of hydrogen-bond acceptors (Lipinski definition) is 28. The SMILES string of the molecule is CC(=O)O.COC(CC(C)=O)OC.N.N#Cc1ccc(F)cc1.N#Cc1ccc(Oc2ccc(F)cc2)cc1.N=C(N)c1ccc(Oc2ccc(F)cc2)cc1.NC(=O)c1ccnc(-c2ccc(Oc3ccc(F)cc3)cc2)n1.O=C([O-])c1ccnc(-c2ccc(Oc3ccc(F)cc3)cc2)n1.O=C([O-])c1ccnc(-c2ccc(Oc3ccc(F)cc3)cc2)n1.O=CO[O-].Oc1ccc(F)cc1.[H-].[K+].[K+].[Na+].[Na+]. The Bertz CT molecular complexity index is 6040. The van der Waals surface area contributed by atoms with Gasteiger partial charge in [-0.25, -0.2) is 60.6 Å². The molecule has 0 radical (unpaired) electrons. The number of amides is 1. The molecular formula is C99H81F7K2N12Na2O19. The minimum absolute atomic E-state index is 0. The number of nitrogens with zero attached hydrogens (tertiary/aromatic N) is 8. The second-order valence-corrected chi connectivity index (χ2v) is 26.3. The van der Waals surface area contributed by atoms with Crippen molar-refractivity contribution in [3.63, 3.8) is 0 Å². The zero-order valence-corrected chi connectivity index (χ0v) is 86.7. The Morgan fingerprint density at radius 1 is 0.404 bits per heavy atom. The van der Waals surface area contributed by atoms with E-state index in [2.05, 4.69) is 34.8 Å². The van der Waals surface area contributed by atoms with Crippen LogP contribution in [0.1, 0.15) is 69.9 Å². The van der Waals surface area contributed by atoms with Gasteiger partial charge in [-0.3, -0.25) is 24.6 Å². The number of benzene rings is 12. The quantitative estimate of drug-likeness (QED) is 0.00753. The van der Waals surface area contributed by atoms with Gasteiger partial charge >= 0.3 is 162 Å². The Morgan fingerprint density at radius 2 is 0.610 bits per heavy atom. The number of carboxylic acid groups (broad SMARTS) is 3. The minimum Gasteiger partial charge on any atom is -1.00 e. The average molecular weight is 2000 g/mol. The summed E-state index contributed by atoms with van der Waals surface area (Å²) in [5, 5.41) is 70.2. The summed E-state index contributed by atoms with van der Waals surface area (Å²) in [4.78, 5) is 87.5. The normalized spacial score (nSPS) is 9.35. The van der Waals surface area contributed by atoms with Crippen molar-refractivity contribution in [3.8, 4) is 110 Å². The fourth-order valence-corrected chi connectivity index (χ4v) is 9.83. The second-order valence-electron chi connectivity index (χ2n) is 26.3. The molecule has 3 aromatic heterocycles. The van der Waals surface area contributed by atoms with E-state index in [1.54, 1.807) is 158 Å². The number of carbonyl (C=O) groups is 6.